The van der Waals surface area contributed by atoms with Crippen molar-refractivity contribution in [3.05, 3.63) is 58.7 Å². The Morgan fingerprint density at radius 1 is 1.04 bits per heavy atom. The van der Waals surface area contributed by atoms with E-state index in [2.05, 4.69) is 17.4 Å². The molecule has 4 heteroatoms. The molecule has 2 aromatic carbocycles. The van der Waals surface area contributed by atoms with Gasteiger partial charge in [0.05, 0.1) is 0 Å². The minimum absolute atomic E-state index is 0.155. The number of ether oxygens (including phenoxy) is 2. The van der Waals surface area contributed by atoms with Crippen molar-refractivity contribution in [1.82, 2.24) is 0 Å². The summed E-state index contributed by atoms with van der Waals surface area (Å²) in [5.41, 5.74) is 5.08. The monoisotopic (exact) mass is 309 g/mol. The van der Waals surface area contributed by atoms with Crippen molar-refractivity contribution in [3.63, 3.8) is 0 Å². The molecule has 2 aromatic rings. The number of nitrogens with one attached hydrogen (secondary N) is 1. The van der Waals surface area contributed by atoms with Crippen LogP contribution in [0.25, 0.3) is 6.08 Å². The first kappa shape index (κ1) is 15.2. The highest BCUT2D eigenvalue weighted by Crippen LogP contribution is 2.32. The zero-order valence-electron chi connectivity index (χ0n) is 13.5. The second-order valence-electron chi connectivity index (χ2n) is 5.71. The molecule has 3 rings (SSSR count). The predicted octanol–water partition coefficient (Wildman–Crippen LogP) is 3.99. The van der Waals surface area contributed by atoms with Gasteiger partial charge in [0, 0.05) is 11.8 Å². The van der Waals surface area contributed by atoms with E-state index >= 15 is 0 Å². The largest absolute Gasteiger partial charge is 0.454 e. The Bertz CT molecular complexity index is 770. The van der Waals surface area contributed by atoms with Crippen LogP contribution in [0.4, 0.5) is 5.69 Å². The molecule has 0 unspecified atom stereocenters. The molecule has 1 aliphatic rings. The summed E-state index contributed by atoms with van der Waals surface area (Å²) in [5.74, 6) is 1.29. The Morgan fingerprint density at radius 3 is 2.48 bits per heavy atom. The van der Waals surface area contributed by atoms with Gasteiger partial charge < -0.3 is 14.8 Å². The molecule has 1 heterocycles. The summed E-state index contributed by atoms with van der Waals surface area (Å²) >= 11 is 0. The minimum atomic E-state index is -0.155. The fourth-order valence-corrected chi connectivity index (χ4v) is 2.73. The van der Waals surface area contributed by atoms with Crippen LogP contribution >= 0.6 is 0 Å². The van der Waals surface area contributed by atoms with E-state index in [0.29, 0.717) is 5.75 Å². The third-order valence-electron chi connectivity index (χ3n) is 3.75. The zero-order valence-corrected chi connectivity index (χ0v) is 13.5. The fraction of sp³-hybridized carbons (Fsp3) is 0.211. The summed E-state index contributed by atoms with van der Waals surface area (Å²) in [7, 11) is 0. The van der Waals surface area contributed by atoms with Gasteiger partial charge >= 0.3 is 0 Å². The maximum absolute atomic E-state index is 12.2. The first-order valence-electron chi connectivity index (χ1n) is 7.49. The van der Waals surface area contributed by atoms with E-state index in [0.717, 1.165) is 28.1 Å². The van der Waals surface area contributed by atoms with Crippen molar-refractivity contribution in [2.24, 2.45) is 0 Å². The lowest BCUT2D eigenvalue weighted by Gasteiger charge is -2.11. The second kappa shape index (κ2) is 6.16. The number of amides is 1. The van der Waals surface area contributed by atoms with Gasteiger partial charge in [-0.05, 0) is 55.7 Å². The lowest BCUT2D eigenvalue weighted by molar-refractivity contribution is -0.111. The van der Waals surface area contributed by atoms with Crippen molar-refractivity contribution in [2.45, 2.75) is 20.8 Å². The number of carbonyl (C=O) groups is 1. The molecule has 0 fully saturated rings. The van der Waals surface area contributed by atoms with E-state index in [-0.39, 0.29) is 12.7 Å². The molecule has 4 nitrogen and oxygen atoms in total. The van der Waals surface area contributed by atoms with E-state index < -0.39 is 0 Å². The van der Waals surface area contributed by atoms with Crippen LogP contribution in [0.1, 0.15) is 22.3 Å². The molecule has 0 aliphatic carbocycles. The topological polar surface area (TPSA) is 47.6 Å². The smallest absolute Gasteiger partial charge is 0.248 e. The van der Waals surface area contributed by atoms with Gasteiger partial charge in [0.1, 0.15) is 0 Å². The Kier molecular flexibility index (Phi) is 4.06. The third-order valence-corrected chi connectivity index (χ3v) is 3.75. The molecule has 23 heavy (non-hydrogen) atoms. The molecule has 0 saturated carbocycles. The van der Waals surface area contributed by atoms with Gasteiger partial charge in [-0.25, -0.2) is 0 Å². The lowest BCUT2D eigenvalue weighted by atomic mass is 10.1. The molecule has 0 aromatic heterocycles. The highest BCUT2D eigenvalue weighted by Gasteiger charge is 2.12. The van der Waals surface area contributed by atoms with Gasteiger partial charge in [-0.1, -0.05) is 23.8 Å². The summed E-state index contributed by atoms with van der Waals surface area (Å²) < 4.78 is 10.6. The molecule has 1 aliphatic heterocycles. The summed E-state index contributed by atoms with van der Waals surface area (Å²) in [4.78, 5) is 12.2. The van der Waals surface area contributed by atoms with Crippen LogP contribution in [0.2, 0.25) is 0 Å². The first-order chi connectivity index (χ1) is 11.0. The van der Waals surface area contributed by atoms with Crippen molar-refractivity contribution in [1.29, 1.82) is 0 Å². The minimum Gasteiger partial charge on any atom is -0.454 e. The van der Waals surface area contributed by atoms with Crippen LogP contribution in [0.5, 0.6) is 11.5 Å². The predicted molar refractivity (Wildman–Crippen MR) is 90.9 cm³/mol. The van der Waals surface area contributed by atoms with Gasteiger partial charge in [0.2, 0.25) is 12.7 Å². The van der Waals surface area contributed by atoms with Crippen molar-refractivity contribution in [3.8, 4) is 11.5 Å². The van der Waals surface area contributed by atoms with Crippen molar-refractivity contribution < 1.29 is 14.3 Å². The van der Waals surface area contributed by atoms with E-state index in [1.165, 1.54) is 11.6 Å². The van der Waals surface area contributed by atoms with E-state index in [4.69, 9.17) is 9.47 Å². The molecule has 0 spiro atoms. The summed E-state index contributed by atoms with van der Waals surface area (Å²) in [6, 6.07) is 9.71. The highest BCUT2D eigenvalue weighted by atomic mass is 16.7. The fourth-order valence-electron chi connectivity index (χ4n) is 2.73. The van der Waals surface area contributed by atoms with E-state index in [1.54, 1.807) is 6.08 Å². The van der Waals surface area contributed by atoms with Crippen LogP contribution < -0.4 is 14.8 Å². The average Bonchev–Trinajstić information content (AvgIpc) is 2.96. The maximum Gasteiger partial charge on any atom is 0.248 e. The Balaban J connectivity index is 1.72. The molecular weight excluding hydrogens is 290 g/mol. The van der Waals surface area contributed by atoms with Gasteiger partial charge in [0.25, 0.3) is 0 Å². The molecule has 1 N–H and O–H groups in total. The van der Waals surface area contributed by atoms with Gasteiger partial charge in [-0.2, -0.15) is 0 Å². The Morgan fingerprint density at radius 2 is 1.74 bits per heavy atom. The van der Waals surface area contributed by atoms with E-state index in [9.17, 15) is 4.79 Å². The van der Waals surface area contributed by atoms with Crippen molar-refractivity contribution in [2.75, 3.05) is 12.1 Å². The van der Waals surface area contributed by atoms with Crippen LogP contribution in [0.15, 0.2) is 36.4 Å². The molecule has 118 valence electrons. The molecule has 0 bridgehead atoms. The number of rotatable bonds is 3. The number of hydrogen-bond acceptors (Lipinski definition) is 3. The number of carbonyl (C=O) groups excluding carboxylic acids is 1. The van der Waals surface area contributed by atoms with Crippen LogP contribution in [0.3, 0.4) is 0 Å². The Hall–Kier alpha value is -2.75. The van der Waals surface area contributed by atoms with Gasteiger partial charge in [0.15, 0.2) is 11.5 Å². The maximum atomic E-state index is 12.2. The Labute approximate surface area is 135 Å². The summed E-state index contributed by atoms with van der Waals surface area (Å²) in [6.07, 6.45) is 3.28. The van der Waals surface area contributed by atoms with Gasteiger partial charge in [-0.3, -0.25) is 4.79 Å². The first-order valence-corrected chi connectivity index (χ1v) is 7.49. The normalized spacial score (nSPS) is 12.7. The molecule has 0 atom stereocenters. The van der Waals surface area contributed by atoms with Crippen LogP contribution in [0, 0.1) is 20.8 Å². The number of anilines is 1. The van der Waals surface area contributed by atoms with Crippen molar-refractivity contribution >= 4 is 17.7 Å². The summed E-state index contributed by atoms with van der Waals surface area (Å²) in [6.45, 7) is 6.29. The van der Waals surface area contributed by atoms with Gasteiger partial charge in [-0.15, -0.1) is 0 Å². The lowest BCUT2D eigenvalue weighted by Crippen LogP contribution is -2.10. The zero-order chi connectivity index (χ0) is 16.4. The number of benzene rings is 2. The second-order valence-corrected chi connectivity index (χ2v) is 5.71. The highest BCUT2D eigenvalue weighted by molar-refractivity contribution is 6.02. The molecule has 0 saturated heterocycles. The molecular formula is C19H19NO3. The van der Waals surface area contributed by atoms with Crippen LogP contribution in [-0.4, -0.2) is 12.7 Å². The van der Waals surface area contributed by atoms with E-state index in [1.807, 2.05) is 39.0 Å². The number of aryl methyl sites for hydroxylation is 3. The third kappa shape index (κ3) is 3.37. The average molecular weight is 309 g/mol. The quantitative estimate of drug-likeness (QED) is 0.872. The van der Waals surface area contributed by atoms with Crippen LogP contribution in [-0.2, 0) is 4.79 Å². The summed E-state index contributed by atoms with van der Waals surface area (Å²) in [5, 5.41) is 2.95. The molecule has 1 amide bonds. The molecule has 0 radical (unpaired) electrons. The number of fused-ring (bicyclic) bond motifs is 1. The SMILES string of the molecule is Cc1cc(C)c(NC(=O)C=Cc2ccc3c(c2)OCO3)c(C)c1. The number of hydrogen-bond donors (Lipinski definition) is 1. The standard InChI is InChI=1S/C19H19NO3/c1-12-8-13(2)19(14(3)9-12)20-18(21)7-5-15-4-6-16-17(10-15)23-11-22-16/h4-10H,11H2,1-3H3,(H,20,21).